The molecule has 7 heteroatoms. The van der Waals surface area contributed by atoms with Gasteiger partial charge in [-0.05, 0) is 19.3 Å². The summed E-state index contributed by atoms with van der Waals surface area (Å²) in [5.41, 5.74) is 4.46. The van der Waals surface area contributed by atoms with Crippen molar-refractivity contribution >= 4 is 15.7 Å². The Labute approximate surface area is 126 Å². The third kappa shape index (κ3) is 4.66. The highest BCUT2D eigenvalue weighted by Crippen LogP contribution is 2.39. The first-order valence-corrected chi connectivity index (χ1v) is 9.56. The second kappa shape index (κ2) is 6.62. The zero-order valence-corrected chi connectivity index (χ0v) is 13.3. The molecular formula is C14H26N2O4S. The van der Waals surface area contributed by atoms with Crippen LogP contribution in [0.15, 0.2) is 0 Å². The summed E-state index contributed by atoms with van der Waals surface area (Å²) in [7, 11) is -3.23. The normalized spacial score (nSPS) is 30.8. The zero-order chi connectivity index (χ0) is 15.5. The van der Waals surface area contributed by atoms with Gasteiger partial charge in [-0.1, -0.05) is 12.8 Å². The van der Waals surface area contributed by atoms with Crippen molar-refractivity contribution < 1.29 is 18.3 Å². The van der Waals surface area contributed by atoms with E-state index in [-0.39, 0.29) is 23.8 Å². The second-order valence-corrected chi connectivity index (χ2v) is 8.77. The molecule has 6 nitrogen and oxygen atoms in total. The van der Waals surface area contributed by atoms with Gasteiger partial charge in [-0.3, -0.25) is 4.79 Å². The fourth-order valence-electron chi connectivity index (χ4n) is 3.47. The van der Waals surface area contributed by atoms with Crippen molar-refractivity contribution in [2.24, 2.45) is 11.7 Å². The van der Waals surface area contributed by atoms with Gasteiger partial charge in [0.15, 0.2) is 9.84 Å². The topological polar surface area (TPSA) is 101 Å². The molecule has 1 aliphatic heterocycles. The van der Waals surface area contributed by atoms with Crippen LogP contribution in [0, 0.1) is 5.92 Å². The van der Waals surface area contributed by atoms with E-state index in [0.29, 0.717) is 6.54 Å². The lowest BCUT2D eigenvalue weighted by molar-refractivity contribution is -0.117. The maximum atomic E-state index is 11.8. The van der Waals surface area contributed by atoms with Crippen LogP contribution in [-0.2, 0) is 14.6 Å². The number of hydrogen-bond acceptors (Lipinski definition) is 5. The van der Waals surface area contributed by atoms with Crippen LogP contribution in [0.2, 0.25) is 0 Å². The molecule has 0 aromatic heterocycles. The van der Waals surface area contributed by atoms with Gasteiger partial charge in [-0.2, -0.15) is 0 Å². The number of nitrogens with zero attached hydrogens (tertiary/aromatic N) is 1. The predicted octanol–water partition coefficient (Wildman–Crippen LogP) is -0.0964. The Hall–Kier alpha value is -0.660. The van der Waals surface area contributed by atoms with E-state index in [0.717, 1.165) is 45.2 Å². The van der Waals surface area contributed by atoms with E-state index in [4.69, 9.17) is 5.73 Å². The van der Waals surface area contributed by atoms with Crippen LogP contribution in [0.1, 0.15) is 38.5 Å². The van der Waals surface area contributed by atoms with Gasteiger partial charge >= 0.3 is 0 Å². The van der Waals surface area contributed by atoms with Crippen LogP contribution in [-0.4, -0.2) is 61.1 Å². The van der Waals surface area contributed by atoms with Crippen LogP contribution < -0.4 is 5.73 Å². The van der Waals surface area contributed by atoms with Gasteiger partial charge in [0, 0.05) is 32.0 Å². The molecule has 0 bridgehead atoms. The number of likely N-dealkylation sites (tertiary alicyclic amines) is 1. The molecule has 1 aliphatic carbocycles. The molecule has 0 aromatic rings. The summed E-state index contributed by atoms with van der Waals surface area (Å²) in [6.45, 7) is 2.01. The lowest BCUT2D eigenvalue weighted by Gasteiger charge is -2.47. The number of carbonyl (C=O) groups is 1. The van der Waals surface area contributed by atoms with Crippen LogP contribution in [0.4, 0.5) is 0 Å². The predicted molar refractivity (Wildman–Crippen MR) is 80.4 cm³/mol. The van der Waals surface area contributed by atoms with Gasteiger partial charge in [0.2, 0.25) is 5.91 Å². The van der Waals surface area contributed by atoms with E-state index in [2.05, 4.69) is 4.90 Å². The Balaban J connectivity index is 1.81. The standard InChI is InChI=1S/C14H26N2O4S/c15-13(17)4-9-21(19,20)10-8-16-7-6-14(18)5-2-1-3-12(14)11-16/h12,18H,1-11H2,(H2,15,17). The molecule has 2 aliphatic rings. The maximum Gasteiger partial charge on any atom is 0.218 e. The number of nitrogens with two attached hydrogens (primary N) is 1. The molecule has 0 spiro atoms. The first kappa shape index (κ1) is 16.7. The molecule has 0 aromatic carbocycles. The van der Waals surface area contributed by atoms with Crippen molar-refractivity contribution in [3.05, 3.63) is 0 Å². The molecule has 1 saturated heterocycles. The average Bonchev–Trinajstić information content (AvgIpc) is 2.43. The number of fused-ring (bicyclic) bond motifs is 1. The Morgan fingerprint density at radius 1 is 1.29 bits per heavy atom. The summed E-state index contributed by atoms with van der Waals surface area (Å²) in [6.07, 6.45) is 4.78. The number of primary amides is 1. The molecule has 1 saturated carbocycles. The van der Waals surface area contributed by atoms with Crippen molar-refractivity contribution in [1.29, 1.82) is 0 Å². The molecule has 0 radical (unpaired) electrons. The number of rotatable bonds is 6. The summed E-state index contributed by atoms with van der Waals surface area (Å²) >= 11 is 0. The molecular weight excluding hydrogens is 292 g/mol. The molecule has 2 fully saturated rings. The highest BCUT2D eigenvalue weighted by atomic mass is 32.2. The summed E-state index contributed by atoms with van der Waals surface area (Å²) in [6, 6.07) is 0. The molecule has 21 heavy (non-hydrogen) atoms. The summed E-state index contributed by atoms with van der Waals surface area (Å²) in [5, 5.41) is 10.6. The summed E-state index contributed by atoms with van der Waals surface area (Å²) in [5.74, 6) is -0.410. The van der Waals surface area contributed by atoms with Crippen LogP contribution in [0.25, 0.3) is 0 Å². The quantitative estimate of drug-likeness (QED) is 0.712. The molecule has 2 rings (SSSR count). The number of aliphatic hydroxyl groups is 1. The molecule has 1 amide bonds. The van der Waals surface area contributed by atoms with Gasteiger partial charge in [0.05, 0.1) is 17.1 Å². The first-order valence-electron chi connectivity index (χ1n) is 7.74. The average molecular weight is 318 g/mol. The van der Waals surface area contributed by atoms with Crippen molar-refractivity contribution in [2.45, 2.75) is 44.1 Å². The molecule has 122 valence electrons. The molecule has 2 unspecified atom stereocenters. The van der Waals surface area contributed by atoms with E-state index < -0.39 is 21.3 Å². The maximum absolute atomic E-state index is 11.8. The van der Waals surface area contributed by atoms with Gasteiger partial charge in [-0.15, -0.1) is 0 Å². The van der Waals surface area contributed by atoms with Crippen molar-refractivity contribution in [3.8, 4) is 0 Å². The van der Waals surface area contributed by atoms with Gasteiger partial charge in [-0.25, -0.2) is 8.42 Å². The Morgan fingerprint density at radius 2 is 2.05 bits per heavy atom. The van der Waals surface area contributed by atoms with Crippen LogP contribution in [0.5, 0.6) is 0 Å². The van der Waals surface area contributed by atoms with E-state index in [1.807, 2.05) is 0 Å². The first-order chi connectivity index (χ1) is 9.81. The molecule has 2 atom stereocenters. The van der Waals surface area contributed by atoms with E-state index in [1.165, 1.54) is 0 Å². The molecule has 3 N–H and O–H groups in total. The van der Waals surface area contributed by atoms with E-state index in [1.54, 1.807) is 0 Å². The minimum atomic E-state index is -3.23. The summed E-state index contributed by atoms with van der Waals surface area (Å²) in [4.78, 5) is 12.8. The van der Waals surface area contributed by atoms with Gasteiger partial charge in [0.25, 0.3) is 0 Å². The monoisotopic (exact) mass is 318 g/mol. The van der Waals surface area contributed by atoms with Crippen molar-refractivity contribution in [3.63, 3.8) is 0 Å². The van der Waals surface area contributed by atoms with Gasteiger partial charge in [0.1, 0.15) is 0 Å². The van der Waals surface area contributed by atoms with Crippen LogP contribution >= 0.6 is 0 Å². The Bertz CT molecular complexity index is 479. The number of piperidine rings is 1. The number of sulfone groups is 1. The smallest absolute Gasteiger partial charge is 0.218 e. The Kier molecular flexibility index (Phi) is 5.27. The van der Waals surface area contributed by atoms with Crippen LogP contribution in [0.3, 0.4) is 0 Å². The highest BCUT2D eigenvalue weighted by Gasteiger charge is 2.42. The fourth-order valence-corrected chi connectivity index (χ4v) is 4.72. The number of carbonyl (C=O) groups excluding carboxylic acids is 1. The lowest BCUT2D eigenvalue weighted by Crippen LogP contribution is -2.53. The number of hydrogen-bond donors (Lipinski definition) is 2. The highest BCUT2D eigenvalue weighted by molar-refractivity contribution is 7.91. The fraction of sp³-hybridized carbons (Fsp3) is 0.929. The second-order valence-electron chi connectivity index (χ2n) is 6.47. The third-order valence-corrected chi connectivity index (χ3v) is 6.52. The zero-order valence-electron chi connectivity index (χ0n) is 12.5. The lowest BCUT2D eigenvalue weighted by atomic mass is 9.71. The molecule has 1 heterocycles. The SMILES string of the molecule is NC(=O)CCS(=O)(=O)CCN1CCC2(O)CCCCC2C1. The minimum absolute atomic E-state index is 0.0609. The van der Waals surface area contributed by atoms with E-state index in [9.17, 15) is 18.3 Å². The van der Waals surface area contributed by atoms with Crippen molar-refractivity contribution in [2.75, 3.05) is 31.1 Å². The van der Waals surface area contributed by atoms with Gasteiger partial charge < -0.3 is 15.7 Å². The number of amides is 1. The largest absolute Gasteiger partial charge is 0.390 e. The summed E-state index contributed by atoms with van der Waals surface area (Å²) < 4.78 is 23.7. The Morgan fingerprint density at radius 3 is 2.76 bits per heavy atom. The minimum Gasteiger partial charge on any atom is -0.390 e. The third-order valence-electron chi connectivity index (χ3n) is 4.89. The van der Waals surface area contributed by atoms with E-state index >= 15 is 0 Å². The van der Waals surface area contributed by atoms with Crippen molar-refractivity contribution in [1.82, 2.24) is 4.90 Å².